The number of carbonyl (C=O) groups excluding carboxylic acids is 1. The summed E-state index contributed by atoms with van der Waals surface area (Å²) in [6.07, 6.45) is 11.0. The van der Waals surface area contributed by atoms with Gasteiger partial charge in [0.1, 0.15) is 0 Å². The summed E-state index contributed by atoms with van der Waals surface area (Å²) in [6.45, 7) is 5.99. The molecule has 2 heterocycles. The molecule has 0 atom stereocenters. The molecule has 0 radical (unpaired) electrons. The first-order valence-electron chi connectivity index (χ1n) is 9.88. The summed E-state index contributed by atoms with van der Waals surface area (Å²) in [5.41, 5.74) is 2.04. The Bertz CT molecular complexity index is 548. The quantitative estimate of drug-likeness (QED) is 0.862. The number of hydrogen-bond acceptors (Lipinski definition) is 3. The van der Waals surface area contributed by atoms with Gasteiger partial charge < -0.3 is 15.5 Å². The van der Waals surface area contributed by atoms with Crippen LogP contribution in [0.4, 0.5) is 4.79 Å². The van der Waals surface area contributed by atoms with Crippen molar-refractivity contribution >= 4 is 6.03 Å². The van der Waals surface area contributed by atoms with Crippen LogP contribution in [0.15, 0.2) is 18.3 Å². The number of amides is 2. The number of pyridine rings is 1. The Hall–Kier alpha value is -1.62. The van der Waals surface area contributed by atoms with Crippen LogP contribution < -0.4 is 10.6 Å². The molecule has 25 heavy (non-hydrogen) atoms. The number of piperidine rings is 1. The van der Waals surface area contributed by atoms with Crippen molar-refractivity contribution in [1.82, 2.24) is 20.5 Å². The van der Waals surface area contributed by atoms with Crippen LogP contribution in [-0.4, -0.2) is 41.6 Å². The van der Waals surface area contributed by atoms with Crippen molar-refractivity contribution in [1.29, 1.82) is 0 Å². The summed E-state index contributed by atoms with van der Waals surface area (Å²) < 4.78 is 0. The number of urea groups is 1. The number of rotatable bonds is 5. The van der Waals surface area contributed by atoms with E-state index in [4.69, 9.17) is 0 Å². The zero-order valence-electron chi connectivity index (χ0n) is 15.5. The third kappa shape index (κ3) is 5.70. The van der Waals surface area contributed by atoms with E-state index in [1.807, 2.05) is 19.1 Å². The van der Waals surface area contributed by atoms with Crippen LogP contribution in [0, 0.1) is 12.8 Å². The lowest BCUT2D eigenvalue weighted by Gasteiger charge is -2.35. The van der Waals surface area contributed by atoms with Crippen molar-refractivity contribution < 1.29 is 4.79 Å². The molecule has 3 rings (SSSR count). The van der Waals surface area contributed by atoms with Crippen LogP contribution in [-0.2, 0) is 6.54 Å². The Labute approximate surface area is 151 Å². The number of hydrogen-bond donors (Lipinski definition) is 2. The molecule has 1 saturated heterocycles. The molecule has 0 spiro atoms. The molecule has 2 aliphatic rings. The molecular weight excluding hydrogens is 312 g/mol. The maximum absolute atomic E-state index is 12.1. The first-order valence-corrected chi connectivity index (χ1v) is 9.88. The summed E-state index contributed by atoms with van der Waals surface area (Å²) >= 11 is 0. The predicted octanol–water partition coefficient (Wildman–Crippen LogP) is 3.23. The molecule has 0 unspecified atom stereocenters. The van der Waals surface area contributed by atoms with Gasteiger partial charge in [-0.15, -0.1) is 0 Å². The van der Waals surface area contributed by atoms with Crippen molar-refractivity contribution in [2.75, 3.05) is 19.6 Å². The van der Waals surface area contributed by atoms with Crippen LogP contribution in [0.5, 0.6) is 0 Å². The minimum absolute atomic E-state index is 0.0733. The van der Waals surface area contributed by atoms with Gasteiger partial charge in [-0.05, 0) is 50.2 Å². The van der Waals surface area contributed by atoms with Gasteiger partial charge in [0, 0.05) is 31.9 Å². The normalized spacial score (nSPS) is 20.4. The monoisotopic (exact) mass is 344 g/mol. The van der Waals surface area contributed by atoms with Crippen LogP contribution in [0.1, 0.15) is 56.2 Å². The molecule has 2 N–H and O–H groups in total. The third-order valence-corrected chi connectivity index (χ3v) is 5.70. The van der Waals surface area contributed by atoms with Gasteiger partial charge >= 0.3 is 6.03 Å². The lowest BCUT2D eigenvalue weighted by molar-refractivity contribution is 0.155. The highest BCUT2D eigenvalue weighted by molar-refractivity contribution is 5.74. The number of nitrogens with zero attached hydrogens (tertiary/aromatic N) is 2. The topological polar surface area (TPSA) is 57.3 Å². The minimum Gasteiger partial charge on any atom is -0.335 e. The number of aromatic nitrogens is 1. The lowest BCUT2D eigenvalue weighted by Crippen LogP contribution is -2.48. The standard InChI is InChI=1S/C20H32N4O/c1-16-6-5-11-21-19(16)14-22-20(25)23-18-9-12-24(13-10-18)15-17-7-3-2-4-8-17/h5-6,11,17-18H,2-4,7-10,12-15H2,1H3,(H2,22,23,25). The Balaban J connectivity index is 1.34. The smallest absolute Gasteiger partial charge is 0.315 e. The van der Waals surface area contributed by atoms with E-state index in [1.54, 1.807) is 6.20 Å². The van der Waals surface area contributed by atoms with Crippen LogP contribution in [0.3, 0.4) is 0 Å². The van der Waals surface area contributed by atoms with Crippen molar-refractivity contribution in [3.8, 4) is 0 Å². The molecule has 2 fully saturated rings. The second-order valence-electron chi connectivity index (χ2n) is 7.67. The number of likely N-dealkylation sites (tertiary alicyclic amines) is 1. The summed E-state index contributed by atoms with van der Waals surface area (Å²) in [5.74, 6) is 0.906. The Morgan fingerprint density at radius 3 is 2.68 bits per heavy atom. The second kappa shape index (κ2) is 9.18. The van der Waals surface area contributed by atoms with E-state index in [0.717, 1.165) is 43.1 Å². The van der Waals surface area contributed by atoms with E-state index < -0.39 is 0 Å². The molecule has 2 amide bonds. The van der Waals surface area contributed by atoms with Gasteiger partial charge in [0.05, 0.1) is 12.2 Å². The highest BCUT2D eigenvalue weighted by Crippen LogP contribution is 2.25. The number of aryl methyl sites for hydroxylation is 1. The van der Waals surface area contributed by atoms with E-state index in [2.05, 4.69) is 20.5 Å². The zero-order chi connectivity index (χ0) is 17.5. The molecule has 0 aromatic carbocycles. The van der Waals surface area contributed by atoms with Crippen molar-refractivity contribution in [3.05, 3.63) is 29.6 Å². The van der Waals surface area contributed by atoms with Crippen molar-refractivity contribution in [2.45, 2.75) is 64.5 Å². The summed E-state index contributed by atoms with van der Waals surface area (Å²) in [4.78, 5) is 19.0. The summed E-state index contributed by atoms with van der Waals surface area (Å²) in [5, 5.41) is 6.07. The van der Waals surface area contributed by atoms with Gasteiger partial charge in [0.2, 0.25) is 0 Å². The van der Waals surface area contributed by atoms with Gasteiger partial charge in [0.25, 0.3) is 0 Å². The van der Waals surface area contributed by atoms with Gasteiger partial charge in [-0.25, -0.2) is 4.79 Å². The Morgan fingerprint density at radius 1 is 1.20 bits per heavy atom. The molecular formula is C20H32N4O. The number of carbonyl (C=O) groups is 1. The Kier molecular flexibility index (Phi) is 6.68. The summed E-state index contributed by atoms with van der Waals surface area (Å²) in [6, 6.07) is 4.16. The van der Waals surface area contributed by atoms with Crippen LogP contribution >= 0.6 is 0 Å². The van der Waals surface area contributed by atoms with E-state index in [-0.39, 0.29) is 6.03 Å². The maximum atomic E-state index is 12.1. The molecule has 1 aromatic heterocycles. The van der Waals surface area contributed by atoms with Gasteiger partial charge in [0.15, 0.2) is 0 Å². The molecule has 1 aliphatic carbocycles. The fourth-order valence-corrected chi connectivity index (χ4v) is 4.10. The van der Waals surface area contributed by atoms with Crippen molar-refractivity contribution in [2.24, 2.45) is 5.92 Å². The molecule has 0 bridgehead atoms. The van der Waals surface area contributed by atoms with Crippen LogP contribution in [0.2, 0.25) is 0 Å². The summed E-state index contributed by atoms with van der Waals surface area (Å²) in [7, 11) is 0. The first-order chi connectivity index (χ1) is 12.2. The van der Waals surface area contributed by atoms with E-state index >= 15 is 0 Å². The van der Waals surface area contributed by atoms with Gasteiger partial charge in [-0.1, -0.05) is 25.3 Å². The van der Waals surface area contributed by atoms with Crippen molar-refractivity contribution in [3.63, 3.8) is 0 Å². The average Bonchev–Trinajstić information content (AvgIpc) is 2.64. The van der Waals surface area contributed by atoms with Crippen LogP contribution in [0.25, 0.3) is 0 Å². The molecule has 5 heteroatoms. The predicted molar refractivity (Wildman–Crippen MR) is 100 cm³/mol. The Morgan fingerprint density at radius 2 is 1.96 bits per heavy atom. The highest BCUT2D eigenvalue weighted by Gasteiger charge is 2.23. The molecule has 1 aliphatic heterocycles. The SMILES string of the molecule is Cc1cccnc1CNC(=O)NC1CCN(CC2CCCCC2)CC1. The number of nitrogens with one attached hydrogen (secondary N) is 2. The lowest BCUT2D eigenvalue weighted by atomic mass is 9.88. The molecule has 1 saturated carbocycles. The second-order valence-corrected chi connectivity index (χ2v) is 7.67. The zero-order valence-corrected chi connectivity index (χ0v) is 15.5. The molecule has 5 nitrogen and oxygen atoms in total. The molecule has 1 aromatic rings. The first kappa shape index (κ1) is 18.2. The van der Waals surface area contributed by atoms with E-state index in [9.17, 15) is 4.79 Å². The molecule has 138 valence electrons. The fraction of sp³-hybridized carbons (Fsp3) is 0.700. The average molecular weight is 345 g/mol. The fourth-order valence-electron chi connectivity index (χ4n) is 4.10. The van der Waals surface area contributed by atoms with Gasteiger partial charge in [-0.3, -0.25) is 4.98 Å². The van der Waals surface area contributed by atoms with E-state index in [0.29, 0.717) is 12.6 Å². The highest BCUT2D eigenvalue weighted by atomic mass is 16.2. The third-order valence-electron chi connectivity index (χ3n) is 5.70. The van der Waals surface area contributed by atoms with E-state index in [1.165, 1.54) is 38.6 Å². The maximum Gasteiger partial charge on any atom is 0.315 e. The van der Waals surface area contributed by atoms with Gasteiger partial charge in [-0.2, -0.15) is 0 Å². The largest absolute Gasteiger partial charge is 0.335 e. The minimum atomic E-state index is -0.0733.